The number of carbonyl (C=O) groups is 1. The molecular formula is C23H25N7O. The van der Waals surface area contributed by atoms with Gasteiger partial charge in [-0.3, -0.25) is 14.8 Å². The molecule has 0 fully saturated rings. The second-order valence-corrected chi connectivity index (χ2v) is 6.71. The second kappa shape index (κ2) is 11.3. The summed E-state index contributed by atoms with van der Waals surface area (Å²) in [5, 5.41) is 4.46. The first-order valence-corrected chi connectivity index (χ1v) is 9.95. The first-order valence-electron chi connectivity index (χ1n) is 9.95. The molecule has 0 radical (unpaired) electrons. The van der Waals surface area contributed by atoms with Crippen molar-refractivity contribution >= 4 is 22.6 Å². The number of pyridine rings is 2. The number of benzene rings is 1. The SMILES string of the molecule is NCC(N)=O.c1ccc(CCCNc2nc(-c3ccncc3)nc3cnccc23)cc1. The largest absolute Gasteiger partial charge is 0.369 e. The zero-order chi connectivity index (χ0) is 21.9. The molecule has 4 rings (SSSR count). The topological polar surface area (TPSA) is 133 Å². The van der Waals surface area contributed by atoms with E-state index < -0.39 is 5.91 Å². The zero-order valence-corrected chi connectivity index (χ0v) is 17.1. The predicted octanol–water partition coefficient (Wildman–Crippen LogP) is 2.56. The Balaban J connectivity index is 0.000000491. The van der Waals surface area contributed by atoms with Crippen molar-refractivity contribution in [1.29, 1.82) is 0 Å². The molecule has 3 heterocycles. The zero-order valence-electron chi connectivity index (χ0n) is 17.1. The number of fused-ring (bicyclic) bond motifs is 1. The third-order valence-corrected chi connectivity index (χ3v) is 4.42. The van der Waals surface area contributed by atoms with Crippen LogP contribution in [-0.2, 0) is 11.2 Å². The van der Waals surface area contributed by atoms with Gasteiger partial charge in [0.15, 0.2) is 5.82 Å². The van der Waals surface area contributed by atoms with Crippen LogP contribution in [0.3, 0.4) is 0 Å². The second-order valence-electron chi connectivity index (χ2n) is 6.71. The van der Waals surface area contributed by atoms with E-state index in [1.54, 1.807) is 24.8 Å². The number of nitrogens with one attached hydrogen (secondary N) is 1. The Hall–Kier alpha value is -3.91. The van der Waals surface area contributed by atoms with Gasteiger partial charge >= 0.3 is 0 Å². The fourth-order valence-electron chi connectivity index (χ4n) is 2.89. The van der Waals surface area contributed by atoms with Crippen LogP contribution in [0.5, 0.6) is 0 Å². The molecule has 8 heteroatoms. The van der Waals surface area contributed by atoms with Crippen LogP contribution in [0.15, 0.2) is 73.3 Å². The molecule has 0 aliphatic heterocycles. The minimum atomic E-state index is -0.468. The maximum atomic E-state index is 9.47. The summed E-state index contributed by atoms with van der Waals surface area (Å²) in [7, 11) is 0. The van der Waals surface area contributed by atoms with Crippen LogP contribution in [0.2, 0.25) is 0 Å². The number of rotatable bonds is 7. The molecule has 0 bridgehead atoms. The minimum Gasteiger partial charge on any atom is -0.369 e. The number of primary amides is 1. The summed E-state index contributed by atoms with van der Waals surface area (Å²) >= 11 is 0. The lowest BCUT2D eigenvalue weighted by molar-refractivity contribution is -0.116. The molecule has 0 aliphatic carbocycles. The summed E-state index contributed by atoms with van der Waals surface area (Å²) in [6.07, 6.45) is 9.11. The van der Waals surface area contributed by atoms with E-state index in [0.717, 1.165) is 41.7 Å². The summed E-state index contributed by atoms with van der Waals surface area (Å²) in [5.74, 6) is 1.06. The quantitative estimate of drug-likeness (QED) is 0.395. The van der Waals surface area contributed by atoms with E-state index in [-0.39, 0.29) is 6.54 Å². The van der Waals surface area contributed by atoms with Crippen molar-refractivity contribution in [3.8, 4) is 11.4 Å². The number of aromatic nitrogens is 4. The van der Waals surface area contributed by atoms with Gasteiger partial charge in [0.1, 0.15) is 5.82 Å². The summed E-state index contributed by atoms with van der Waals surface area (Å²) in [4.78, 5) is 27.1. The number of nitrogens with two attached hydrogens (primary N) is 2. The fraction of sp³-hybridized carbons (Fsp3) is 0.174. The van der Waals surface area contributed by atoms with Gasteiger partial charge in [0.2, 0.25) is 5.91 Å². The van der Waals surface area contributed by atoms with E-state index in [1.165, 1.54) is 5.56 Å². The number of carbonyl (C=O) groups excluding carboxylic acids is 1. The smallest absolute Gasteiger partial charge is 0.231 e. The van der Waals surface area contributed by atoms with Crippen LogP contribution in [0, 0.1) is 0 Å². The Morgan fingerprint density at radius 1 is 0.935 bits per heavy atom. The lowest BCUT2D eigenvalue weighted by Gasteiger charge is -2.11. The normalized spacial score (nSPS) is 10.2. The van der Waals surface area contributed by atoms with Gasteiger partial charge in [-0.25, -0.2) is 9.97 Å². The van der Waals surface area contributed by atoms with Crippen molar-refractivity contribution in [1.82, 2.24) is 19.9 Å². The van der Waals surface area contributed by atoms with Gasteiger partial charge in [0.05, 0.1) is 18.3 Å². The monoisotopic (exact) mass is 415 g/mol. The molecule has 0 saturated heterocycles. The van der Waals surface area contributed by atoms with Crippen LogP contribution < -0.4 is 16.8 Å². The molecule has 1 aromatic carbocycles. The fourth-order valence-corrected chi connectivity index (χ4v) is 2.89. The van der Waals surface area contributed by atoms with Crippen LogP contribution in [0.1, 0.15) is 12.0 Å². The summed E-state index contributed by atoms with van der Waals surface area (Å²) in [6.45, 7) is 0.791. The van der Waals surface area contributed by atoms with E-state index in [1.807, 2.05) is 24.3 Å². The minimum absolute atomic E-state index is 0.0556. The molecule has 158 valence electrons. The third-order valence-electron chi connectivity index (χ3n) is 4.42. The average molecular weight is 416 g/mol. The predicted molar refractivity (Wildman–Crippen MR) is 122 cm³/mol. The Morgan fingerprint density at radius 2 is 1.65 bits per heavy atom. The van der Waals surface area contributed by atoms with Gasteiger partial charge in [-0.15, -0.1) is 0 Å². The highest BCUT2D eigenvalue weighted by Crippen LogP contribution is 2.24. The van der Waals surface area contributed by atoms with Gasteiger partial charge in [-0.05, 0) is 36.6 Å². The Kier molecular flexibility index (Phi) is 7.96. The molecule has 0 unspecified atom stereocenters. The molecule has 0 spiro atoms. The van der Waals surface area contributed by atoms with Gasteiger partial charge in [-0.1, -0.05) is 30.3 Å². The summed E-state index contributed by atoms with van der Waals surface area (Å²) < 4.78 is 0. The van der Waals surface area contributed by atoms with E-state index in [9.17, 15) is 4.79 Å². The molecule has 0 aliphatic rings. The first-order chi connectivity index (χ1) is 15.2. The molecule has 8 nitrogen and oxygen atoms in total. The lowest BCUT2D eigenvalue weighted by Crippen LogP contribution is -2.21. The van der Waals surface area contributed by atoms with Crippen LogP contribution in [-0.4, -0.2) is 38.9 Å². The van der Waals surface area contributed by atoms with E-state index >= 15 is 0 Å². The Labute approximate surface area is 180 Å². The standard InChI is InChI=1S/C21H19N5.C2H6N2O/c1-2-5-16(6-3-1)7-4-11-24-21-18-10-14-23-15-19(18)25-20(26-21)17-8-12-22-13-9-17;3-1-2(4)5/h1-3,5-6,8-10,12-15H,4,7,11H2,(H,24,25,26);1,3H2,(H2,4,5). The van der Waals surface area contributed by atoms with Crippen molar-refractivity contribution in [2.75, 3.05) is 18.4 Å². The van der Waals surface area contributed by atoms with Crippen molar-refractivity contribution in [3.63, 3.8) is 0 Å². The van der Waals surface area contributed by atoms with Crippen LogP contribution >= 0.6 is 0 Å². The number of hydrogen-bond acceptors (Lipinski definition) is 7. The number of anilines is 1. The lowest BCUT2D eigenvalue weighted by atomic mass is 10.1. The van der Waals surface area contributed by atoms with Crippen molar-refractivity contribution in [3.05, 3.63) is 78.9 Å². The molecule has 31 heavy (non-hydrogen) atoms. The summed E-state index contributed by atoms with van der Waals surface area (Å²) in [6, 6.07) is 16.3. The van der Waals surface area contributed by atoms with Gasteiger partial charge in [0, 0.05) is 36.1 Å². The Morgan fingerprint density at radius 3 is 2.35 bits per heavy atom. The Bertz CT molecular complexity index is 1100. The number of aryl methyl sites for hydroxylation is 1. The van der Waals surface area contributed by atoms with Gasteiger partial charge in [0.25, 0.3) is 0 Å². The highest BCUT2D eigenvalue weighted by atomic mass is 16.1. The molecule has 1 amide bonds. The van der Waals surface area contributed by atoms with Crippen molar-refractivity contribution < 1.29 is 4.79 Å². The van der Waals surface area contributed by atoms with Crippen molar-refractivity contribution in [2.45, 2.75) is 12.8 Å². The van der Waals surface area contributed by atoms with E-state index in [2.05, 4.69) is 50.3 Å². The molecule has 0 saturated carbocycles. The number of hydrogen-bond donors (Lipinski definition) is 3. The van der Waals surface area contributed by atoms with Crippen LogP contribution in [0.4, 0.5) is 5.82 Å². The number of nitrogens with zero attached hydrogens (tertiary/aromatic N) is 4. The molecule has 4 aromatic rings. The number of amides is 1. The summed E-state index contributed by atoms with van der Waals surface area (Å²) in [5.41, 5.74) is 12.4. The van der Waals surface area contributed by atoms with Crippen LogP contribution in [0.25, 0.3) is 22.3 Å². The van der Waals surface area contributed by atoms with E-state index in [0.29, 0.717) is 5.82 Å². The van der Waals surface area contributed by atoms with Gasteiger partial charge < -0.3 is 16.8 Å². The maximum Gasteiger partial charge on any atom is 0.231 e. The maximum absolute atomic E-state index is 9.47. The average Bonchev–Trinajstić information content (AvgIpc) is 2.83. The van der Waals surface area contributed by atoms with Crippen molar-refractivity contribution in [2.24, 2.45) is 11.5 Å². The highest BCUT2D eigenvalue weighted by Gasteiger charge is 2.09. The molecular weight excluding hydrogens is 390 g/mol. The molecule has 0 atom stereocenters. The third kappa shape index (κ3) is 6.55. The van der Waals surface area contributed by atoms with E-state index in [4.69, 9.17) is 10.7 Å². The highest BCUT2D eigenvalue weighted by molar-refractivity contribution is 5.89. The van der Waals surface area contributed by atoms with Gasteiger partial charge in [-0.2, -0.15) is 0 Å². The molecule has 3 aromatic heterocycles. The first kappa shape index (κ1) is 21.8. The molecule has 5 N–H and O–H groups in total.